The van der Waals surface area contributed by atoms with E-state index in [9.17, 15) is 14.4 Å². The highest BCUT2D eigenvalue weighted by Gasteiger charge is 2.39. The molecule has 1 aromatic rings. The molecule has 0 aliphatic carbocycles. The largest absolute Gasteiger partial charge is 0.479 e. The van der Waals surface area contributed by atoms with Crippen molar-refractivity contribution in [2.24, 2.45) is 5.92 Å². The van der Waals surface area contributed by atoms with Gasteiger partial charge < -0.3 is 19.6 Å². The Morgan fingerprint density at radius 2 is 1.92 bits per heavy atom. The van der Waals surface area contributed by atoms with Crippen LogP contribution in [0.3, 0.4) is 0 Å². The van der Waals surface area contributed by atoms with Crippen molar-refractivity contribution >= 4 is 35.1 Å². The van der Waals surface area contributed by atoms with Crippen molar-refractivity contribution in [1.29, 1.82) is 0 Å². The number of carboxylic acid groups (broad SMARTS) is 1. The lowest BCUT2D eigenvalue weighted by Gasteiger charge is -2.32. The van der Waals surface area contributed by atoms with Crippen molar-refractivity contribution in [3.05, 3.63) is 29.3 Å². The van der Waals surface area contributed by atoms with E-state index in [0.29, 0.717) is 17.3 Å². The molecule has 0 aromatic heterocycles. The molecule has 2 unspecified atom stereocenters. The SMILES string of the molecule is O=C(O)C1CN(C(=O)C2CC(=O)N(c3ccc(Cl)cc3)C2)CCO1. The standard InChI is InChI=1S/C16H17ClN2O5/c17-11-1-3-12(4-2-11)19-8-10(7-14(19)20)15(21)18-5-6-24-13(9-18)16(22)23/h1-4,10,13H,5-9H2,(H,22,23). The third kappa shape index (κ3) is 3.37. The van der Waals surface area contributed by atoms with Gasteiger partial charge in [0, 0.05) is 30.2 Å². The number of ether oxygens (including phenoxy) is 1. The summed E-state index contributed by atoms with van der Waals surface area (Å²) in [5, 5.41) is 9.60. The molecule has 2 atom stereocenters. The molecule has 1 N–H and O–H groups in total. The zero-order valence-corrected chi connectivity index (χ0v) is 13.6. The molecule has 0 bridgehead atoms. The Labute approximate surface area is 143 Å². The Hall–Kier alpha value is -2.12. The molecule has 8 heteroatoms. The predicted molar refractivity (Wildman–Crippen MR) is 85.9 cm³/mol. The molecule has 2 saturated heterocycles. The van der Waals surface area contributed by atoms with Gasteiger partial charge in [-0.05, 0) is 24.3 Å². The van der Waals surface area contributed by atoms with Gasteiger partial charge in [0.25, 0.3) is 0 Å². The fourth-order valence-corrected chi connectivity index (χ4v) is 3.13. The minimum absolute atomic E-state index is 0.0137. The van der Waals surface area contributed by atoms with Crippen LogP contribution in [-0.4, -0.2) is 60.1 Å². The number of carbonyl (C=O) groups is 3. The van der Waals surface area contributed by atoms with Crippen LogP contribution in [0.1, 0.15) is 6.42 Å². The number of aliphatic carboxylic acids is 1. The number of carboxylic acids is 1. The first-order chi connectivity index (χ1) is 11.5. The van der Waals surface area contributed by atoms with E-state index in [2.05, 4.69) is 0 Å². The molecule has 1 aromatic carbocycles. The normalized spacial score (nSPS) is 24.3. The molecule has 3 rings (SSSR count). The van der Waals surface area contributed by atoms with Crippen LogP contribution in [0.4, 0.5) is 5.69 Å². The summed E-state index contributed by atoms with van der Waals surface area (Å²) < 4.78 is 5.12. The first kappa shape index (κ1) is 16.7. The third-order valence-corrected chi connectivity index (χ3v) is 4.52. The lowest BCUT2D eigenvalue weighted by Crippen LogP contribution is -2.50. The number of halogens is 1. The number of hydrogen-bond acceptors (Lipinski definition) is 4. The van der Waals surface area contributed by atoms with Gasteiger partial charge in [-0.15, -0.1) is 0 Å². The monoisotopic (exact) mass is 352 g/mol. The van der Waals surface area contributed by atoms with Crippen molar-refractivity contribution in [3.63, 3.8) is 0 Å². The summed E-state index contributed by atoms with van der Waals surface area (Å²) in [6.45, 7) is 0.826. The Balaban J connectivity index is 1.67. The number of morpholine rings is 1. The number of hydrogen-bond donors (Lipinski definition) is 1. The maximum absolute atomic E-state index is 12.6. The van der Waals surface area contributed by atoms with Crippen LogP contribution in [0, 0.1) is 5.92 Å². The van der Waals surface area contributed by atoms with Crippen molar-refractivity contribution < 1.29 is 24.2 Å². The van der Waals surface area contributed by atoms with Crippen LogP contribution >= 0.6 is 11.6 Å². The van der Waals surface area contributed by atoms with Gasteiger partial charge in [0.15, 0.2) is 6.10 Å². The molecule has 2 amide bonds. The van der Waals surface area contributed by atoms with Gasteiger partial charge in [0.05, 0.1) is 19.1 Å². The number of rotatable bonds is 3. The molecule has 0 radical (unpaired) electrons. The highest BCUT2D eigenvalue weighted by Crippen LogP contribution is 2.27. The first-order valence-electron chi connectivity index (χ1n) is 7.65. The number of nitrogens with zero attached hydrogens (tertiary/aromatic N) is 2. The fourth-order valence-electron chi connectivity index (χ4n) is 3.00. The average molecular weight is 353 g/mol. The number of carbonyl (C=O) groups excluding carboxylic acids is 2. The molecule has 0 spiro atoms. The van der Waals surface area contributed by atoms with Crippen LogP contribution in [0.5, 0.6) is 0 Å². The summed E-state index contributed by atoms with van der Waals surface area (Å²) in [5.74, 6) is -1.88. The zero-order chi connectivity index (χ0) is 17.3. The zero-order valence-electron chi connectivity index (χ0n) is 12.9. The maximum Gasteiger partial charge on any atom is 0.334 e. The van der Waals surface area contributed by atoms with E-state index in [1.165, 1.54) is 4.90 Å². The fraction of sp³-hybridized carbons (Fsp3) is 0.438. The lowest BCUT2D eigenvalue weighted by atomic mass is 10.1. The Kier molecular flexibility index (Phi) is 4.73. The summed E-state index contributed by atoms with van der Waals surface area (Å²) in [4.78, 5) is 38.9. The Morgan fingerprint density at radius 3 is 2.58 bits per heavy atom. The molecule has 2 fully saturated rings. The van der Waals surface area contributed by atoms with E-state index in [0.717, 1.165) is 0 Å². The molecule has 0 saturated carbocycles. The van der Waals surface area contributed by atoms with Crippen LogP contribution in [-0.2, 0) is 19.1 Å². The summed E-state index contributed by atoms with van der Waals surface area (Å²) in [5.41, 5.74) is 0.699. The van der Waals surface area contributed by atoms with Gasteiger partial charge in [-0.25, -0.2) is 4.79 Å². The molecular weight excluding hydrogens is 336 g/mol. The maximum atomic E-state index is 12.6. The molecular formula is C16H17ClN2O5. The average Bonchev–Trinajstić information content (AvgIpc) is 2.97. The topological polar surface area (TPSA) is 87.2 Å². The van der Waals surface area contributed by atoms with E-state index in [1.54, 1.807) is 29.2 Å². The van der Waals surface area contributed by atoms with Gasteiger partial charge in [-0.2, -0.15) is 0 Å². The minimum atomic E-state index is -1.09. The van der Waals surface area contributed by atoms with E-state index in [-0.39, 0.29) is 37.9 Å². The van der Waals surface area contributed by atoms with Gasteiger partial charge in [-0.3, -0.25) is 9.59 Å². The van der Waals surface area contributed by atoms with Gasteiger partial charge in [0.1, 0.15) is 0 Å². The smallest absolute Gasteiger partial charge is 0.334 e. The summed E-state index contributed by atoms with van der Waals surface area (Å²) in [7, 11) is 0. The minimum Gasteiger partial charge on any atom is -0.479 e. The quantitative estimate of drug-likeness (QED) is 0.877. The lowest BCUT2D eigenvalue weighted by molar-refractivity contribution is -0.160. The second-order valence-electron chi connectivity index (χ2n) is 5.86. The van der Waals surface area contributed by atoms with Crippen LogP contribution in [0.25, 0.3) is 0 Å². The van der Waals surface area contributed by atoms with E-state index >= 15 is 0 Å². The number of amides is 2. The predicted octanol–water partition coefficient (Wildman–Crippen LogP) is 1.00. The summed E-state index contributed by atoms with van der Waals surface area (Å²) >= 11 is 5.85. The van der Waals surface area contributed by atoms with Crippen molar-refractivity contribution in [2.75, 3.05) is 31.1 Å². The van der Waals surface area contributed by atoms with Gasteiger partial charge in [-0.1, -0.05) is 11.6 Å². The summed E-state index contributed by atoms with van der Waals surface area (Å²) in [6.07, 6.45) is -0.886. The molecule has 128 valence electrons. The number of benzene rings is 1. The Morgan fingerprint density at radius 1 is 1.21 bits per heavy atom. The second kappa shape index (κ2) is 6.78. The number of anilines is 1. The Bertz CT molecular complexity index is 663. The summed E-state index contributed by atoms with van der Waals surface area (Å²) in [6, 6.07) is 6.86. The van der Waals surface area contributed by atoms with E-state index < -0.39 is 18.0 Å². The van der Waals surface area contributed by atoms with E-state index in [4.69, 9.17) is 21.4 Å². The molecule has 24 heavy (non-hydrogen) atoms. The third-order valence-electron chi connectivity index (χ3n) is 4.27. The first-order valence-corrected chi connectivity index (χ1v) is 8.02. The highest BCUT2D eigenvalue weighted by atomic mass is 35.5. The van der Waals surface area contributed by atoms with Crippen LogP contribution in [0.2, 0.25) is 5.02 Å². The van der Waals surface area contributed by atoms with Crippen LogP contribution < -0.4 is 4.90 Å². The van der Waals surface area contributed by atoms with Crippen molar-refractivity contribution in [1.82, 2.24) is 4.90 Å². The molecule has 2 aliphatic rings. The van der Waals surface area contributed by atoms with Crippen molar-refractivity contribution in [3.8, 4) is 0 Å². The van der Waals surface area contributed by atoms with Crippen molar-refractivity contribution in [2.45, 2.75) is 12.5 Å². The highest BCUT2D eigenvalue weighted by molar-refractivity contribution is 6.30. The second-order valence-corrected chi connectivity index (χ2v) is 6.30. The molecule has 2 aliphatic heterocycles. The van der Waals surface area contributed by atoms with Gasteiger partial charge >= 0.3 is 5.97 Å². The van der Waals surface area contributed by atoms with Crippen LogP contribution in [0.15, 0.2) is 24.3 Å². The van der Waals surface area contributed by atoms with E-state index in [1.807, 2.05) is 0 Å². The van der Waals surface area contributed by atoms with Gasteiger partial charge in [0.2, 0.25) is 11.8 Å². The molecule has 2 heterocycles. The molecule has 7 nitrogen and oxygen atoms in total.